The van der Waals surface area contributed by atoms with Crippen LogP contribution in [0.5, 0.6) is 0 Å². The number of carbonyl (C=O) groups is 1. The second-order valence-electron chi connectivity index (χ2n) is 6.10. The zero-order valence-electron chi connectivity index (χ0n) is 14.2. The fourth-order valence-corrected chi connectivity index (χ4v) is 2.71. The highest BCUT2D eigenvalue weighted by molar-refractivity contribution is 5.95. The Labute approximate surface area is 133 Å². The van der Waals surface area contributed by atoms with E-state index in [0.717, 1.165) is 17.5 Å². The van der Waals surface area contributed by atoms with Crippen molar-refractivity contribution in [2.45, 2.75) is 47.1 Å². The molecule has 0 aliphatic heterocycles. The quantitative estimate of drug-likeness (QED) is 0.862. The summed E-state index contributed by atoms with van der Waals surface area (Å²) >= 11 is 0. The van der Waals surface area contributed by atoms with Crippen molar-refractivity contribution in [2.75, 3.05) is 0 Å². The highest BCUT2D eigenvalue weighted by atomic mass is 16.1. The lowest BCUT2D eigenvalue weighted by molar-refractivity contribution is 0.0935. The summed E-state index contributed by atoms with van der Waals surface area (Å²) in [5.74, 6) is 0.00239. The molecular weight excluding hydrogens is 270 g/mol. The first-order valence-corrected chi connectivity index (χ1v) is 7.87. The van der Waals surface area contributed by atoms with Gasteiger partial charge in [-0.2, -0.15) is 0 Å². The molecule has 0 heterocycles. The molecule has 0 aliphatic carbocycles. The molecule has 2 aromatic rings. The molecule has 116 valence electrons. The SMILES string of the molecule is CCC(NC(=O)c1ccc(C)cc1C)c1ccc(C)c(C)c1. The fourth-order valence-electron chi connectivity index (χ4n) is 2.71. The van der Waals surface area contributed by atoms with Gasteiger partial charge in [0, 0.05) is 5.56 Å². The van der Waals surface area contributed by atoms with E-state index in [1.807, 2.05) is 32.0 Å². The van der Waals surface area contributed by atoms with Crippen LogP contribution >= 0.6 is 0 Å². The molecule has 1 atom stereocenters. The molecule has 2 aromatic carbocycles. The third-order valence-corrected chi connectivity index (χ3v) is 4.27. The van der Waals surface area contributed by atoms with Gasteiger partial charge < -0.3 is 5.32 Å². The van der Waals surface area contributed by atoms with E-state index < -0.39 is 0 Å². The van der Waals surface area contributed by atoms with Gasteiger partial charge in [0.05, 0.1) is 6.04 Å². The Balaban J connectivity index is 2.22. The van der Waals surface area contributed by atoms with E-state index >= 15 is 0 Å². The van der Waals surface area contributed by atoms with E-state index in [2.05, 4.69) is 44.3 Å². The van der Waals surface area contributed by atoms with Crippen molar-refractivity contribution in [3.63, 3.8) is 0 Å². The monoisotopic (exact) mass is 295 g/mol. The lowest BCUT2D eigenvalue weighted by Crippen LogP contribution is -2.28. The Morgan fingerprint density at radius 3 is 2.27 bits per heavy atom. The minimum absolute atomic E-state index is 0.00239. The summed E-state index contributed by atoms with van der Waals surface area (Å²) in [4.78, 5) is 12.6. The smallest absolute Gasteiger partial charge is 0.252 e. The Morgan fingerprint density at radius 2 is 1.68 bits per heavy atom. The molecule has 0 bridgehead atoms. The zero-order valence-corrected chi connectivity index (χ0v) is 14.2. The maximum atomic E-state index is 12.6. The molecule has 0 spiro atoms. The summed E-state index contributed by atoms with van der Waals surface area (Å²) in [6, 6.07) is 12.4. The highest BCUT2D eigenvalue weighted by Gasteiger charge is 2.16. The number of rotatable bonds is 4. The molecule has 0 radical (unpaired) electrons. The van der Waals surface area contributed by atoms with Gasteiger partial charge in [-0.25, -0.2) is 0 Å². The normalized spacial score (nSPS) is 12.0. The second kappa shape index (κ2) is 6.78. The molecule has 0 aliphatic rings. The zero-order chi connectivity index (χ0) is 16.3. The number of benzene rings is 2. The maximum Gasteiger partial charge on any atom is 0.252 e. The number of hydrogen-bond acceptors (Lipinski definition) is 1. The Morgan fingerprint density at radius 1 is 0.955 bits per heavy atom. The molecule has 1 N–H and O–H groups in total. The first-order chi connectivity index (χ1) is 10.4. The van der Waals surface area contributed by atoms with Gasteiger partial charge in [0.15, 0.2) is 0 Å². The molecule has 0 saturated carbocycles. The number of aryl methyl sites for hydroxylation is 4. The molecule has 1 unspecified atom stereocenters. The van der Waals surface area contributed by atoms with Crippen LogP contribution in [0.2, 0.25) is 0 Å². The largest absolute Gasteiger partial charge is 0.345 e. The topological polar surface area (TPSA) is 29.1 Å². The first kappa shape index (κ1) is 16.3. The van der Waals surface area contributed by atoms with Crippen LogP contribution in [-0.4, -0.2) is 5.91 Å². The average Bonchev–Trinajstić information content (AvgIpc) is 2.47. The van der Waals surface area contributed by atoms with Gasteiger partial charge in [-0.1, -0.05) is 42.8 Å². The molecule has 0 saturated heterocycles. The minimum Gasteiger partial charge on any atom is -0.345 e. The molecule has 1 amide bonds. The van der Waals surface area contributed by atoms with Crippen molar-refractivity contribution < 1.29 is 4.79 Å². The standard InChI is InChI=1S/C20H25NO/c1-6-19(17-9-8-14(3)15(4)12-17)21-20(22)18-10-7-13(2)11-16(18)5/h7-12,19H,6H2,1-5H3,(H,21,22). The van der Waals surface area contributed by atoms with Gasteiger partial charge in [0.25, 0.3) is 5.91 Å². The van der Waals surface area contributed by atoms with Crippen molar-refractivity contribution >= 4 is 5.91 Å². The predicted molar refractivity (Wildman–Crippen MR) is 92.3 cm³/mol. The predicted octanol–water partition coefficient (Wildman–Crippen LogP) is 4.80. The van der Waals surface area contributed by atoms with E-state index in [9.17, 15) is 4.79 Å². The highest BCUT2D eigenvalue weighted by Crippen LogP contribution is 2.21. The van der Waals surface area contributed by atoms with Crippen LogP contribution in [-0.2, 0) is 0 Å². The van der Waals surface area contributed by atoms with Gasteiger partial charge in [0.1, 0.15) is 0 Å². The van der Waals surface area contributed by atoms with Crippen LogP contribution in [0.15, 0.2) is 36.4 Å². The van der Waals surface area contributed by atoms with Crippen molar-refractivity contribution in [1.82, 2.24) is 5.32 Å². The molecule has 2 nitrogen and oxygen atoms in total. The Kier molecular flexibility index (Phi) is 5.02. The second-order valence-corrected chi connectivity index (χ2v) is 6.10. The van der Waals surface area contributed by atoms with Crippen molar-refractivity contribution in [3.05, 3.63) is 69.8 Å². The number of amides is 1. The van der Waals surface area contributed by atoms with E-state index in [4.69, 9.17) is 0 Å². The summed E-state index contributed by atoms with van der Waals surface area (Å²) in [5, 5.41) is 3.17. The van der Waals surface area contributed by atoms with Crippen LogP contribution in [0, 0.1) is 27.7 Å². The van der Waals surface area contributed by atoms with Gasteiger partial charge in [-0.05, 0) is 62.4 Å². The maximum absolute atomic E-state index is 12.6. The summed E-state index contributed by atoms with van der Waals surface area (Å²) in [7, 11) is 0. The fraction of sp³-hybridized carbons (Fsp3) is 0.350. The summed E-state index contributed by atoms with van der Waals surface area (Å²) in [5.41, 5.74) is 6.66. The van der Waals surface area contributed by atoms with Crippen LogP contribution in [0.4, 0.5) is 0 Å². The van der Waals surface area contributed by atoms with Gasteiger partial charge in [-0.3, -0.25) is 4.79 Å². The van der Waals surface area contributed by atoms with Crippen LogP contribution in [0.1, 0.15) is 57.6 Å². The third-order valence-electron chi connectivity index (χ3n) is 4.27. The summed E-state index contributed by atoms with van der Waals surface area (Å²) in [6.07, 6.45) is 0.874. The molecular formula is C20H25NO. The summed E-state index contributed by atoms with van der Waals surface area (Å²) < 4.78 is 0. The number of nitrogens with one attached hydrogen (secondary N) is 1. The van der Waals surface area contributed by atoms with Crippen LogP contribution in [0.3, 0.4) is 0 Å². The number of hydrogen-bond donors (Lipinski definition) is 1. The molecule has 0 fully saturated rings. The molecule has 2 heteroatoms. The average molecular weight is 295 g/mol. The lowest BCUT2D eigenvalue weighted by atomic mass is 9.98. The molecule has 2 rings (SSSR count). The first-order valence-electron chi connectivity index (χ1n) is 7.87. The lowest BCUT2D eigenvalue weighted by Gasteiger charge is -2.19. The van der Waals surface area contributed by atoms with Gasteiger partial charge in [-0.15, -0.1) is 0 Å². The molecule has 0 aromatic heterocycles. The number of carbonyl (C=O) groups excluding carboxylic acids is 1. The van der Waals surface area contributed by atoms with Crippen molar-refractivity contribution in [1.29, 1.82) is 0 Å². The third kappa shape index (κ3) is 3.56. The Hall–Kier alpha value is -2.09. The van der Waals surface area contributed by atoms with Crippen LogP contribution < -0.4 is 5.32 Å². The Bertz CT molecular complexity index is 688. The van der Waals surface area contributed by atoms with E-state index in [-0.39, 0.29) is 11.9 Å². The van der Waals surface area contributed by atoms with E-state index in [0.29, 0.717) is 0 Å². The summed E-state index contributed by atoms with van der Waals surface area (Å²) in [6.45, 7) is 10.3. The molecule has 22 heavy (non-hydrogen) atoms. The van der Waals surface area contributed by atoms with Gasteiger partial charge in [0.2, 0.25) is 0 Å². The minimum atomic E-state index is 0.00239. The van der Waals surface area contributed by atoms with E-state index in [1.54, 1.807) is 0 Å². The van der Waals surface area contributed by atoms with Crippen molar-refractivity contribution in [3.8, 4) is 0 Å². The van der Waals surface area contributed by atoms with Gasteiger partial charge >= 0.3 is 0 Å². The van der Waals surface area contributed by atoms with Crippen LogP contribution in [0.25, 0.3) is 0 Å². The van der Waals surface area contributed by atoms with Crippen molar-refractivity contribution in [2.24, 2.45) is 0 Å². The van der Waals surface area contributed by atoms with E-state index in [1.165, 1.54) is 22.3 Å².